The minimum Gasteiger partial charge on any atom is -0.480 e. The summed E-state index contributed by atoms with van der Waals surface area (Å²) in [6.07, 6.45) is 1.27. The number of carbonyl (C=O) groups excluding carboxylic acids is 1. The highest BCUT2D eigenvalue weighted by Crippen LogP contribution is 2.19. The Morgan fingerprint density at radius 2 is 1.84 bits per heavy atom. The number of halogens is 2. The summed E-state index contributed by atoms with van der Waals surface area (Å²) in [7, 11) is -1.52. The van der Waals surface area contributed by atoms with Crippen LogP contribution in [-0.4, -0.2) is 34.0 Å². The molecule has 0 aliphatic heterocycles. The van der Waals surface area contributed by atoms with Crippen LogP contribution >= 0.6 is 0 Å². The number of hydrogen-bond donors (Lipinski definition) is 3. The van der Waals surface area contributed by atoms with Gasteiger partial charge in [-0.05, 0) is 12.1 Å². The minimum atomic E-state index is -1.52. The molecule has 9 heteroatoms. The second kappa shape index (κ2) is 6.23. The first-order chi connectivity index (χ1) is 8.81. The molecule has 1 aromatic rings. The molecule has 0 aromatic heterocycles. The van der Waals surface area contributed by atoms with Gasteiger partial charge in [0.1, 0.15) is 34.7 Å². The van der Waals surface area contributed by atoms with E-state index in [0.29, 0.717) is 0 Å². The lowest BCUT2D eigenvalue weighted by Crippen LogP contribution is -2.30. The fourth-order valence-electron chi connectivity index (χ4n) is 1.26. The molecule has 19 heavy (non-hydrogen) atoms. The normalized spacial score (nSPS) is 11.7. The molecule has 0 heterocycles. The molecule has 0 radical (unpaired) electrons. The van der Waals surface area contributed by atoms with Crippen molar-refractivity contribution >= 4 is 28.5 Å². The van der Waals surface area contributed by atoms with Crippen molar-refractivity contribution in [1.82, 2.24) is 5.32 Å². The van der Waals surface area contributed by atoms with E-state index < -0.39 is 46.6 Å². The van der Waals surface area contributed by atoms with Gasteiger partial charge in [-0.2, -0.15) is 0 Å². The Bertz CT molecular complexity index is 527. The van der Waals surface area contributed by atoms with Crippen molar-refractivity contribution < 1.29 is 27.7 Å². The molecule has 0 saturated carbocycles. The maximum Gasteiger partial charge on any atom is 0.322 e. The van der Waals surface area contributed by atoms with Crippen LogP contribution in [0.25, 0.3) is 0 Å². The van der Waals surface area contributed by atoms with Crippen LogP contribution in [0.1, 0.15) is 10.4 Å². The number of benzene rings is 1. The third-order valence-corrected chi connectivity index (χ3v) is 2.45. The van der Waals surface area contributed by atoms with E-state index in [4.69, 9.17) is 5.11 Å². The lowest BCUT2D eigenvalue weighted by molar-refractivity contribution is -0.135. The molecule has 1 rings (SSSR count). The zero-order valence-corrected chi connectivity index (χ0v) is 10.5. The lowest BCUT2D eigenvalue weighted by Gasteiger charge is -2.08. The maximum atomic E-state index is 13.5. The zero-order chi connectivity index (χ0) is 14.6. The minimum absolute atomic E-state index is 0.0920. The summed E-state index contributed by atoms with van der Waals surface area (Å²) in [6.45, 7) is -0.753. The molecule has 3 N–H and O–H groups in total. The SMILES string of the molecule is CS(=O)Nc1cc(F)c(C(=O)NCC(=O)O)c(F)c1. The van der Waals surface area contributed by atoms with E-state index in [1.165, 1.54) is 6.26 Å². The van der Waals surface area contributed by atoms with E-state index in [2.05, 4.69) is 4.72 Å². The Morgan fingerprint density at radius 1 is 1.32 bits per heavy atom. The molecule has 1 aromatic carbocycles. The number of carboxylic acid groups (broad SMARTS) is 1. The van der Waals surface area contributed by atoms with Crippen molar-refractivity contribution in [3.05, 3.63) is 29.3 Å². The number of rotatable bonds is 5. The van der Waals surface area contributed by atoms with E-state index in [0.717, 1.165) is 12.1 Å². The standard InChI is InChI=1S/C10H10F2N2O4S/c1-19(18)14-5-2-6(11)9(7(12)3-5)10(17)13-4-8(15)16/h2-3,14H,4H2,1H3,(H,13,17)(H,15,16). The quantitative estimate of drug-likeness (QED) is 0.735. The molecular formula is C10H10F2N2O4S. The summed E-state index contributed by atoms with van der Waals surface area (Å²) in [6, 6.07) is 1.58. The Morgan fingerprint density at radius 3 is 2.26 bits per heavy atom. The zero-order valence-electron chi connectivity index (χ0n) is 9.70. The Kier molecular flexibility index (Phi) is 4.93. The largest absolute Gasteiger partial charge is 0.480 e. The first-order valence-corrected chi connectivity index (χ1v) is 6.46. The number of anilines is 1. The van der Waals surface area contributed by atoms with Gasteiger partial charge in [0.25, 0.3) is 5.91 Å². The summed E-state index contributed by atoms with van der Waals surface area (Å²) in [5.74, 6) is -4.89. The van der Waals surface area contributed by atoms with Crippen LogP contribution in [0, 0.1) is 11.6 Å². The van der Waals surface area contributed by atoms with Gasteiger partial charge in [0, 0.05) is 6.26 Å². The molecule has 0 bridgehead atoms. The van der Waals surface area contributed by atoms with Crippen molar-refractivity contribution in [3.8, 4) is 0 Å². The summed E-state index contributed by atoms with van der Waals surface area (Å²) in [5.41, 5.74) is -0.987. The van der Waals surface area contributed by atoms with Gasteiger partial charge in [-0.25, -0.2) is 13.0 Å². The number of carbonyl (C=O) groups is 2. The average molecular weight is 292 g/mol. The fraction of sp³-hybridized carbons (Fsp3) is 0.200. The second-order valence-corrected chi connectivity index (χ2v) is 4.56. The van der Waals surface area contributed by atoms with Crippen molar-refractivity contribution in [2.45, 2.75) is 0 Å². The van der Waals surface area contributed by atoms with E-state index in [9.17, 15) is 22.6 Å². The lowest BCUT2D eigenvalue weighted by atomic mass is 10.1. The van der Waals surface area contributed by atoms with Gasteiger partial charge in [-0.1, -0.05) is 0 Å². The van der Waals surface area contributed by atoms with Gasteiger partial charge >= 0.3 is 5.97 Å². The molecule has 1 amide bonds. The van der Waals surface area contributed by atoms with Gasteiger partial charge in [0.2, 0.25) is 0 Å². The smallest absolute Gasteiger partial charge is 0.322 e. The van der Waals surface area contributed by atoms with Crippen LogP contribution in [0.2, 0.25) is 0 Å². The number of nitrogens with one attached hydrogen (secondary N) is 2. The first-order valence-electron chi connectivity index (χ1n) is 4.90. The van der Waals surface area contributed by atoms with E-state index in [1.807, 2.05) is 5.32 Å². The van der Waals surface area contributed by atoms with Gasteiger partial charge in [-0.15, -0.1) is 0 Å². The molecule has 1 atom stereocenters. The molecule has 0 saturated heterocycles. The summed E-state index contributed by atoms with van der Waals surface area (Å²) in [5, 5.41) is 10.2. The van der Waals surface area contributed by atoms with E-state index >= 15 is 0 Å². The van der Waals surface area contributed by atoms with Gasteiger partial charge in [0.15, 0.2) is 0 Å². The van der Waals surface area contributed by atoms with Gasteiger partial charge in [0.05, 0.1) is 5.69 Å². The summed E-state index contributed by atoms with van der Waals surface area (Å²) >= 11 is 0. The van der Waals surface area contributed by atoms with Crippen LogP contribution in [0.4, 0.5) is 14.5 Å². The predicted octanol–water partition coefficient (Wildman–Crippen LogP) is 0.485. The molecule has 104 valence electrons. The van der Waals surface area contributed by atoms with Gasteiger partial charge < -0.3 is 15.1 Å². The molecule has 0 aliphatic carbocycles. The highest BCUT2D eigenvalue weighted by molar-refractivity contribution is 7.85. The number of carboxylic acids is 1. The third-order valence-electron chi connectivity index (χ3n) is 1.93. The van der Waals surface area contributed by atoms with Gasteiger partial charge in [-0.3, -0.25) is 9.59 Å². The second-order valence-electron chi connectivity index (χ2n) is 3.45. The van der Waals surface area contributed by atoms with Crippen molar-refractivity contribution in [2.75, 3.05) is 17.5 Å². The Labute approximate surface area is 109 Å². The van der Waals surface area contributed by atoms with Crippen LogP contribution in [0.5, 0.6) is 0 Å². The molecule has 0 spiro atoms. The van der Waals surface area contributed by atoms with Crippen LogP contribution in [0.3, 0.4) is 0 Å². The van der Waals surface area contributed by atoms with Crippen LogP contribution in [-0.2, 0) is 15.8 Å². The Hall–Kier alpha value is -2.03. The number of amides is 1. The van der Waals surface area contributed by atoms with E-state index in [-0.39, 0.29) is 5.69 Å². The topological polar surface area (TPSA) is 95.5 Å². The molecule has 1 unspecified atom stereocenters. The molecule has 6 nitrogen and oxygen atoms in total. The number of hydrogen-bond acceptors (Lipinski definition) is 3. The van der Waals surface area contributed by atoms with Crippen molar-refractivity contribution in [1.29, 1.82) is 0 Å². The Balaban J connectivity index is 2.99. The van der Waals surface area contributed by atoms with Crippen molar-refractivity contribution in [3.63, 3.8) is 0 Å². The predicted molar refractivity (Wildman–Crippen MR) is 64.0 cm³/mol. The summed E-state index contributed by atoms with van der Waals surface area (Å²) < 4.78 is 40.2. The molecule has 0 fully saturated rings. The number of aliphatic carboxylic acids is 1. The maximum absolute atomic E-state index is 13.5. The average Bonchev–Trinajstić information content (AvgIpc) is 2.24. The van der Waals surface area contributed by atoms with E-state index in [1.54, 1.807) is 0 Å². The molecule has 0 aliphatic rings. The third kappa shape index (κ3) is 4.28. The highest BCUT2D eigenvalue weighted by atomic mass is 32.2. The monoisotopic (exact) mass is 292 g/mol. The van der Waals surface area contributed by atoms with Crippen molar-refractivity contribution in [2.24, 2.45) is 0 Å². The summed E-state index contributed by atoms with van der Waals surface area (Å²) in [4.78, 5) is 21.6. The first kappa shape index (κ1) is 15.0. The highest BCUT2D eigenvalue weighted by Gasteiger charge is 2.19. The molecular weight excluding hydrogens is 282 g/mol. The van der Waals surface area contributed by atoms with Crippen LogP contribution < -0.4 is 10.0 Å². The van der Waals surface area contributed by atoms with Crippen LogP contribution in [0.15, 0.2) is 12.1 Å². The fourth-order valence-corrected chi connectivity index (χ4v) is 1.71.